The Kier molecular flexibility index (Phi) is 2.99. The molecule has 0 radical (unpaired) electrons. The Morgan fingerprint density at radius 1 is 1.00 bits per heavy atom. The Balaban J connectivity index is 1.49. The van der Waals surface area contributed by atoms with Crippen LogP contribution in [-0.2, 0) is 0 Å². The molecule has 4 nitrogen and oxygen atoms in total. The summed E-state index contributed by atoms with van der Waals surface area (Å²) in [5.41, 5.74) is 5.05. The molecule has 0 atom stereocenters. The van der Waals surface area contributed by atoms with Crippen molar-refractivity contribution >= 4 is 6.03 Å². The van der Waals surface area contributed by atoms with Gasteiger partial charge in [-0.2, -0.15) is 0 Å². The highest BCUT2D eigenvalue weighted by Gasteiger charge is 2.47. The maximum atomic E-state index is 10.6. The quantitative estimate of drug-likeness (QED) is 0.640. The second kappa shape index (κ2) is 4.48. The summed E-state index contributed by atoms with van der Waals surface area (Å²) < 4.78 is 0. The minimum Gasteiger partial charge on any atom is -0.352 e. The van der Waals surface area contributed by atoms with E-state index < -0.39 is 6.03 Å². The first-order valence-corrected chi connectivity index (χ1v) is 6.99. The monoisotopic (exact) mass is 237 g/mol. The van der Waals surface area contributed by atoms with Crippen LogP contribution in [0.15, 0.2) is 0 Å². The van der Waals surface area contributed by atoms with E-state index in [1.54, 1.807) is 0 Å². The highest BCUT2D eigenvalue weighted by atomic mass is 16.2. The molecule has 0 unspecified atom stereocenters. The van der Waals surface area contributed by atoms with Crippen molar-refractivity contribution in [3.8, 4) is 0 Å². The Bertz CT molecular complexity index is 277. The number of nitrogens with two attached hydrogens (primary N) is 1. The summed E-state index contributed by atoms with van der Waals surface area (Å²) in [5, 5.41) is 6.29. The van der Waals surface area contributed by atoms with Gasteiger partial charge in [-0.05, 0) is 55.8 Å². The third-order valence-corrected chi connectivity index (χ3v) is 5.03. The number of carbonyl (C=O) groups excluding carboxylic acids is 1. The van der Waals surface area contributed by atoms with Gasteiger partial charge in [0, 0.05) is 19.1 Å². The van der Waals surface area contributed by atoms with Crippen molar-refractivity contribution in [3.63, 3.8) is 0 Å². The van der Waals surface area contributed by atoms with Crippen LogP contribution in [0.3, 0.4) is 0 Å². The van der Waals surface area contributed by atoms with Gasteiger partial charge in [-0.3, -0.25) is 0 Å². The summed E-state index contributed by atoms with van der Waals surface area (Å²) in [6, 6.07) is 0.286. The number of primary amides is 1. The maximum Gasteiger partial charge on any atom is 0.312 e. The van der Waals surface area contributed by atoms with Crippen molar-refractivity contribution in [1.82, 2.24) is 10.6 Å². The molecule has 4 N–H and O–H groups in total. The molecule has 4 rings (SSSR count). The van der Waals surface area contributed by atoms with E-state index in [1.807, 2.05) is 0 Å². The van der Waals surface area contributed by atoms with Gasteiger partial charge in [0.1, 0.15) is 0 Å². The topological polar surface area (TPSA) is 67.2 Å². The van der Waals surface area contributed by atoms with E-state index >= 15 is 0 Å². The van der Waals surface area contributed by atoms with Crippen LogP contribution in [0.5, 0.6) is 0 Å². The molecule has 4 aliphatic rings. The molecule has 2 amide bonds. The molecule has 0 heterocycles. The first kappa shape index (κ1) is 11.3. The normalized spacial score (nSPS) is 42.7. The second-order valence-corrected chi connectivity index (χ2v) is 6.20. The average molecular weight is 237 g/mol. The van der Waals surface area contributed by atoms with Crippen LogP contribution >= 0.6 is 0 Å². The van der Waals surface area contributed by atoms with Crippen LogP contribution in [0.2, 0.25) is 0 Å². The van der Waals surface area contributed by atoms with Gasteiger partial charge in [0.25, 0.3) is 0 Å². The lowest BCUT2D eigenvalue weighted by Gasteiger charge is -2.54. The third-order valence-electron chi connectivity index (χ3n) is 5.03. The number of urea groups is 1. The minimum absolute atomic E-state index is 0.420. The lowest BCUT2D eigenvalue weighted by atomic mass is 9.54. The summed E-state index contributed by atoms with van der Waals surface area (Å²) in [4.78, 5) is 10.6. The van der Waals surface area contributed by atoms with Crippen molar-refractivity contribution in [2.75, 3.05) is 13.1 Å². The van der Waals surface area contributed by atoms with Gasteiger partial charge in [-0.1, -0.05) is 0 Å². The Morgan fingerprint density at radius 3 is 2.12 bits per heavy atom. The number of hydrogen-bond donors (Lipinski definition) is 3. The van der Waals surface area contributed by atoms with E-state index in [0.717, 1.165) is 30.2 Å². The van der Waals surface area contributed by atoms with Crippen LogP contribution in [-0.4, -0.2) is 25.2 Å². The molecule has 4 fully saturated rings. The summed E-state index contributed by atoms with van der Waals surface area (Å²) in [5.74, 6) is 3.86. The Hall–Kier alpha value is -0.770. The fourth-order valence-electron chi connectivity index (χ4n) is 4.68. The third kappa shape index (κ3) is 2.28. The maximum absolute atomic E-state index is 10.6. The zero-order chi connectivity index (χ0) is 11.8. The second-order valence-electron chi connectivity index (χ2n) is 6.20. The van der Waals surface area contributed by atoms with Crippen LogP contribution in [0, 0.1) is 23.7 Å². The fraction of sp³-hybridized carbons (Fsp3) is 0.923. The number of carbonyl (C=O) groups is 1. The van der Waals surface area contributed by atoms with Gasteiger partial charge >= 0.3 is 6.03 Å². The molecule has 96 valence electrons. The van der Waals surface area contributed by atoms with E-state index in [0.29, 0.717) is 12.6 Å². The minimum atomic E-state index is -0.420. The summed E-state index contributed by atoms with van der Waals surface area (Å²) in [6.07, 6.45) is 7.26. The van der Waals surface area contributed by atoms with Gasteiger partial charge in [0.05, 0.1) is 0 Å². The van der Waals surface area contributed by atoms with E-state index in [-0.39, 0.29) is 0 Å². The standard InChI is InChI=1S/C13H23N3O/c14-13(17)16-2-1-15-12-10-4-8-3-9(6-10)7-11(12)5-8/h8-12,15H,1-7H2,(H3,14,16,17). The van der Waals surface area contributed by atoms with Crippen LogP contribution < -0.4 is 16.4 Å². The van der Waals surface area contributed by atoms with Crippen LogP contribution in [0.25, 0.3) is 0 Å². The molecule has 0 aromatic rings. The van der Waals surface area contributed by atoms with Crippen molar-refractivity contribution in [2.24, 2.45) is 29.4 Å². The van der Waals surface area contributed by atoms with E-state index in [1.165, 1.54) is 32.1 Å². The molecular formula is C13H23N3O. The lowest BCUT2D eigenvalue weighted by molar-refractivity contribution is -0.0132. The average Bonchev–Trinajstić information content (AvgIpc) is 2.25. The molecule has 0 aliphatic heterocycles. The van der Waals surface area contributed by atoms with Crippen LogP contribution in [0.4, 0.5) is 4.79 Å². The van der Waals surface area contributed by atoms with Gasteiger partial charge in [-0.25, -0.2) is 4.79 Å². The largest absolute Gasteiger partial charge is 0.352 e. The fourth-order valence-corrected chi connectivity index (χ4v) is 4.68. The van der Waals surface area contributed by atoms with Crippen LogP contribution in [0.1, 0.15) is 32.1 Å². The molecule has 4 bridgehead atoms. The smallest absolute Gasteiger partial charge is 0.312 e. The van der Waals surface area contributed by atoms with Crippen molar-refractivity contribution in [3.05, 3.63) is 0 Å². The first-order chi connectivity index (χ1) is 8.22. The molecule has 0 saturated heterocycles. The number of amides is 2. The predicted molar refractivity (Wildman–Crippen MR) is 66.4 cm³/mol. The zero-order valence-corrected chi connectivity index (χ0v) is 10.3. The molecule has 4 heteroatoms. The molecule has 17 heavy (non-hydrogen) atoms. The lowest BCUT2D eigenvalue weighted by Crippen LogP contribution is -2.55. The highest BCUT2D eigenvalue weighted by molar-refractivity contribution is 5.71. The highest BCUT2D eigenvalue weighted by Crippen LogP contribution is 2.53. The van der Waals surface area contributed by atoms with Crippen molar-refractivity contribution < 1.29 is 4.79 Å². The number of hydrogen-bond acceptors (Lipinski definition) is 2. The molecule has 0 aromatic carbocycles. The Labute approximate surface area is 103 Å². The van der Waals surface area contributed by atoms with E-state index in [2.05, 4.69) is 10.6 Å². The Morgan fingerprint density at radius 2 is 1.59 bits per heavy atom. The number of rotatable bonds is 4. The summed E-state index contributed by atoms with van der Waals surface area (Å²) in [6.45, 7) is 1.51. The summed E-state index contributed by atoms with van der Waals surface area (Å²) >= 11 is 0. The van der Waals surface area contributed by atoms with Crippen molar-refractivity contribution in [1.29, 1.82) is 0 Å². The van der Waals surface area contributed by atoms with E-state index in [9.17, 15) is 4.79 Å². The molecule has 0 spiro atoms. The molecule has 4 saturated carbocycles. The zero-order valence-electron chi connectivity index (χ0n) is 10.3. The first-order valence-electron chi connectivity index (χ1n) is 6.99. The van der Waals surface area contributed by atoms with Gasteiger partial charge in [0.15, 0.2) is 0 Å². The van der Waals surface area contributed by atoms with E-state index in [4.69, 9.17) is 5.73 Å². The number of nitrogens with one attached hydrogen (secondary N) is 2. The van der Waals surface area contributed by atoms with Gasteiger partial charge < -0.3 is 16.4 Å². The van der Waals surface area contributed by atoms with Gasteiger partial charge in [-0.15, -0.1) is 0 Å². The van der Waals surface area contributed by atoms with Gasteiger partial charge in [0.2, 0.25) is 0 Å². The molecule has 0 aromatic heterocycles. The molecular weight excluding hydrogens is 214 g/mol. The predicted octanol–water partition coefficient (Wildman–Crippen LogP) is 1.07. The van der Waals surface area contributed by atoms with Crippen molar-refractivity contribution in [2.45, 2.75) is 38.1 Å². The molecule has 4 aliphatic carbocycles. The summed E-state index contributed by atoms with van der Waals surface area (Å²) in [7, 11) is 0. The SMILES string of the molecule is NC(=O)NCCNC1C2CC3CC(C2)CC1C3.